The van der Waals surface area contributed by atoms with E-state index in [2.05, 4.69) is 45.4 Å². The van der Waals surface area contributed by atoms with E-state index in [1.807, 2.05) is 25.1 Å². The Kier molecular flexibility index (Phi) is 5.18. The predicted molar refractivity (Wildman–Crippen MR) is 85.5 cm³/mol. The van der Waals surface area contributed by atoms with E-state index < -0.39 is 0 Å². The highest BCUT2D eigenvalue weighted by Gasteiger charge is 2.17. The van der Waals surface area contributed by atoms with Crippen molar-refractivity contribution >= 4 is 27.5 Å². The Hall–Kier alpha value is -0.910. The van der Waals surface area contributed by atoms with Gasteiger partial charge in [-0.2, -0.15) is 0 Å². The monoisotopic (exact) mass is 356 g/mol. The molecule has 1 N–H and O–H groups in total. The van der Waals surface area contributed by atoms with Crippen molar-refractivity contribution in [2.24, 2.45) is 0 Å². The van der Waals surface area contributed by atoms with Gasteiger partial charge in [0, 0.05) is 4.47 Å². The van der Waals surface area contributed by atoms with Gasteiger partial charge < -0.3 is 5.32 Å². The molecule has 20 heavy (non-hydrogen) atoms. The SMILES string of the molecule is CCCNC(C)c1nnn(-c2ccc(Br)cc2Cl)c1C. The molecule has 1 aromatic carbocycles. The standard InChI is InChI=1S/C14H18BrClN4/c1-4-7-17-9(2)14-10(3)20(19-18-14)13-6-5-11(15)8-12(13)16/h5-6,8-9,17H,4,7H2,1-3H3. The van der Waals surface area contributed by atoms with Crippen LogP contribution in [0.4, 0.5) is 0 Å². The largest absolute Gasteiger partial charge is 0.309 e. The molecule has 2 aromatic rings. The number of hydrogen-bond donors (Lipinski definition) is 1. The zero-order valence-electron chi connectivity index (χ0n) is 11.8. The summed E-state index contributed by atoms with van der Waals surface area (Å²) in [6, 6.07) is 5.91. The molecule has 1 aromatic heterocycles. The second-order valence-corrected chi connectivity index (χ2v) is 6.07. The molecule has 1 atom stereocenters. The van der Waals surface area contributed by atoms with Gasteiger partial charge in [0.25, 0.3) is 0 Å². The molecule has 0 aliphatic heterocycles. The molecule has 0 amide bonds. The Balaban J connectivity index is 2.33. The summed E-state index contributed by atoms with van der Waals surface area (Å²) in [7, 11) is 0. The van der Waals surface area contributed by atoms with Crippen LogP contribution in [-0.4, -0.2) is 21.5 Å². The molecule has 0 aliphatic rings. The zero-order chi connectivity index (χ0) is 14.7. The summed E-state index contributed by atoms with van der Waals surface area (Å²) < 4.78 is 2.73. The van der Waals surface area contributed by atoms with E-state index in [-0.39, 0.29) is 6.04 Å². The van der Waals surface area contributed by atoms with Crippen molar-refractivity contribution in [2.75, 3.05) is 6.54 Å². The Labute approximate surface area is 132 Å². The van der Waals surface area contributed by atoms with Crippen LogP contribution in [0.5, 0.6) is 0 Å². The summed E-state index contributed by atoms with van der Waals surface area (Å²) in [6.45, 7) is 7.22. The van der Waals surface area contributed by atoms with Gasteiger partial charge in [-0.15, -0.1) is 5.10 Å². The molecule has 0 saturated heterocycles. The maximum Gasteiger partial charge on any atom is 0.103 e. The third-order valence-electron chi connectivity index (χ3n) is 3.18. The van der Waals surface area contributed by atoms with Crippen LogP contribution < -0.4 is 5.32 Å². The fraction of sp³-hybridized carbons (Fsp3) is 0.429. The van der Waals surface area contributed by atoms with Crippen LogP contribution in [0.1, 0.15) is 37.7 Å². The minimum absolute atomic E-state index is 0.179. The maximum absolute atomic E-state index is 6.27. The summed E-state index contributed by atoms with van der Waals surface area (Å²) in [5, 5.41) is 12.6. The van der Waals surface area contributed by atoms with Crippen LogP contribution >= 0.6 is 27.5 Å². The number of rotatable bonds is 5. The molecule has 0 bridgehead atoms. The van der Waals surface area contributed by atoms with E-state index in [1.165, 1.54) is 0 Å². The Bertz CT molecular complexity index is 597. The van der Waals surface area contributed by atoms with Crippen molar-refractivity contribution in [3.63, 3.8) is 0 Å². The van der Waals surface area contributed by atoms with Crippen molar-refractivity contribution in [1.29, 1.82) is 0 Å². The van der Waals surface area contributed by atoms with E-state index in [0.29, 0.717) is 5.02 Å². The van der Waals surface area contributed by atoms with Crippen LogP contribution in [0.3, 0.4) is 0 Å². The minimum Gasteiger partial charge on any atom is -0.309 e. The molecule has 2 rings (SSSR count). The lowest BCUT2D eigenvalue weighted by Gasteiger charge is -2.12. The van der Waals surface area contributed by atoms with Gasteiger partial charge in [-0.25, -0.2) is 4.68 Å². The van der Waals surface area contributed by atoms with Crippen LogP contribution in [0, 0.1) is 6.92 Å². The van der Waals surface area contributed by atoms with Crippen LogP contribution in [0.15, 0.2) is 22.7 Å². The minimum atomic E-state index is 0.179. The molecular weight excluding hydrogens is 340 g/mol. The zero-order valence-corrected chi connectivity index (χ0v) is 14.2. The lowest BCUT2D eigenvalue weighted by molar-refractivity contribution is 0.555. The third-order valence-corrected chi connectivity index (χ3v) is 3.97. The fourth-order valence-corrected chi connectivity index (χ4v) is 2.83. The summed E-state index contributed by atoms with van der Waals surface area (Å²) in [4.78, 5) is 0. The number of halogens is 2. The summed E-state index contributed by atoms with van der Waals surface area (Å²) in [6.07, 6.45) is 1.09. The van der Waals surface area contributed by atoms with Crippen LogP contribution in [-0.2, 0) is 0 Å². The average Bonchev–Trinajstić information content (AvgIpc) is 2.78. The molecule has 0 spiro atoms. The number of nitrogens with one attached hydrogen (secondary N) is 1. The lowest BCUT2D eigenvalue weighted by atomic mass is 10.2. The second kappa shape index (κ2) is 6.70. The van der Waals surface area contributed by atoms with E-state index >= 15 is 0 Å². The smallest absolute Gasteiger partial charge is 0.103 e. The highest BCUT2D eigenvalue weighted by atomic mass is 79.9. The van der Waals surface area contributed by atoms with Gasteiger partial charge in [0.15, 0.2) is 0 Å². The van der Waals surface area contributed by atoms with E-state index in [9.17, 15) is 0 Å². The first-order valence-electron chi connectivity index (χ1n) is 6.65. The summed E-state index contributed by atoms with van der Waals surface area (Å²) in [5.74, 6) is 0. The topological polar surface area (TPSA) is 42.7 Å². The highest BCUT2D eigenvalue weighted by molar-refractivity contribution is 9.10. The molecule has 0 saturated carbocycles. The van der Waals surface area contributed by atoms with Gasteiger partial charge in [-0.3, -0.25) is 0 Å². The van der Waals surface area contributed by atoms with Gasteiger partial charge in [-0.05, 0) is 45.0 Å². The summed E-state index contributed by atoms with van der Waals surface area (Å²) in [5.41, 5.74) is 2.80. The molecule has 1 heterocycles. The van der Waals surface area contributed by atoms with Gasteiger partial charge >= 0.3 is 0 Å². The normalized spacial score (nSPS) is 12.7. The predicted octanol–water partition coefficient (Wildman–Crippen LogP) is 4.05. The van der Waals surface area contributed by atoms with Crippen molar-refractivity contribution in [3.05, 3.63) is 39.1 Å². The number of benzene rings is 1. The van der Waals surface area contributed by atoms with E-state index in [1.54, 1.807) is 4.68 Å². The second-order valence-electron chi connectivity index (χ2n) is 4.74. The first-order chi connectivity index (χ1) is 9.54. The third kappa shape index (κ3) is 3.22. The molecule has 0 aliphatic carbocycles. The molecule has 0 fully saturated rings. The van der Waals surface area contributed by atoms with Crippen LogP contribution in [0.2, 0.25) is 5.02 Å². The lowest BCUT2D eigenvalue weighted by Crippen LogP contribution is -2.20. The average molecular weight is 358 g/mol. The Morgan fingerprint density at radius 2 is 2.20 bits per heavy atom. The molecule has 6 heteroatoms. The van der Waals surface area contributed by atoms with Gasteiger partial charge in [0.05, 0.1) is 22.4 Å². The maximum atomic E-state index is 6.27. The molecule has 0 radical (unpaired) electrons. The molecular formula is C14H18BrClN4. The number of hydrogen-bond acceptors (Lipinski definition) is 3. The van der Waals surface area contributed by atoms with Gasteiger partial charge in [0.2, 0.25) is 0 Å². The number of aromatic nitrogens is 3. The fourth-order valence-electron chi connectivity index (χ4n) is 2.08. The van der Waals surface area contributed by atoms with E-state index in [0.717, 1.165) is 34.5 Å². The molecule has 108 valence electrons. The van der Waals surface area contributed by atoms with Crippen molar-refractivity contribution in [3.8, 4) is 5.69 Å². The Morgan fingerprint density at radius 1 is 1.45 bits per heavy atom. The summed E-state index contributed by atoms with van der Waals surface area (Å²) >= 11 is 9.68. The quantitative estimate of drug-likeness (QED) is 0.877. The van der Waals surface area contributed by atoms with Crippen LogP contribution in [0.25, 0.3) is 5.69 Å². The number of nitrogens with zero attached hydrogens (tertiary/aromatic N) is 3. The molecule has 4 nitrogen and oxygen atoms in total. The molecule has 1 unspecified atom stereocenters. The van der Waals surface area contributed by atoms with Gasteiger partial charge in [-0.1, -0.05) is 39.7 Å². The van der Waals surface area contributed by atoms with E-state index in [4.69, 9.17) is 11.6 Å². The first-order valence-corrected chi connectivity index (χ1v) is 7.82. The van der Waals surface area contributed by atoms with Crippen molar-refractivity contribution in [1.82, 2.24) is 20.3 Å². The van der Waals surface area contributed by atoms with Gasteiger partial charge in [0.1, 0.15) is 5.69 Å². The van der Waals surface area contributed by atoms with Crippen molar-refractivity contribution < 1.29 is 0 Å². The highest BCUT2D eigenvalue weighted by Crippen LogP contribution is 2.26. The first kappa shape index (κ1) is 15.5. The van der Waals surface area contributed by atoms with Crippen molar-refractivity contribution in [2.45, 2.75) is 33.2 Å². The Morgan fingerprint density at radius 3 is 2.85 bits per heavy atom.